The van der Waals surface area contributed by atoms with Crippen LogP contribution in [0.15, 0.2) is 66.7 Å². The SMILES string of the molecule is CS(=O)(=O)N1CCN(C(=O)c2ccc3c(c2)nc(Nc2ccc(Cl)cc2)n3-c2cccc(Cl)c2)CC1. The number of carbonyl (C=O) groups excluding carboxylic acids is 1. The molecule has 0 radical (unpaired) electrons. The molecular formula is C25H23Cl2N5O3S. The molecule has 1 aromatic heterocycles. The molecule has 0 atom stereocenters. The van der Waals surface area contributed by atoms with E-state index in [1.165, 1.54) is 10.6 Å². The van der Waals surface area contributed by atoms with Crippen molar-refractivity contribution in [1.82, 2.24) is 18.8 Å². The first-order valence-electron chi connectivity index (χ1n) is 11.2. The molecule has 0 aliphatic carbocycles. The lowest BCUT2D eigenvalue weighted by atomic mass is 10.1. The van der Waals surface area contributed by atoms with E-state index in [1.54, 1.807) is 35.2 Å². The molecule has 36 heavy (non-hydrogen) atoms. The van der Waals surface area contributed by atoms with Gasteiger partial charge in [-0.2, -0.15) is 4.31 Å². The van der Waals surface area contributed by atoms with Crippen LogP contribution in [0.2, 0.25) is 10.0 Å². The third kappa shape index (κ3) is 5.05. The quantitative estimate of drug-likeness (QED) is 0.390. The highest BCUT2D eigenvalue weighted by Crippen LogP contribution is 2.29. The van der Waals surface area contributed by atoms with Crippen LogP contribution in [-0.4, -0.2) is 65.5 Å². The zero-order valence-electron chi connectivity index (χ0n) is 19.4. The van der Waals surface area contributed by atoms with Gasteiger partial charge in [-0.25, -0.2) is 13.4 Å². The number of hydrogen-bond acceptors (Lipinski definition) is 5. The molecule has 11 heteroatoms. The van der Waals surface area contributed by atoms with Gasteiger partial charge in [0.25, 0.3) is 5.91 Å². The largest absolute Gasteiger partial charge is 0.336 e. The molecule has 1 N–H and O–H groups in total. The monoisotopic (exact) mass is 543 g/mol. The Labute approximate surface area is 219 Å². The van der Waals surface area contributed by atoms with Crippen molar-refractivity contribution in [2.75, 3.05) is 37.8 Å². The van der Waals surface area contributed by atoms with Gasteiger partial charge in [-0.05, 0) is 60.7 Å². The summed E-state index contributed by atoms with van der Waals surface area (Å²) in [5, 5.41) is 4.55. The Morgan fingerprint density at radius 1 is 0.917 bits per heavy atom. The number of rotatable bonds is 5. The highest BCUT2D eigenvalue weighted by Gasteiger charge is 2.27. The van der Waals surface area contributed by atoms with E-state index in [0.29, 0.717) is 40.2 Å². The van der Waals surface area contributed by atoms with Gasteiger partial charge in [0, 0.05) is 47.5 Å². The van der Waals surface area contributed by atoms with Crippen LogP contribution in [-0.2, 0) is 10.0 Å². The number of piperazine rings is 1. The number of aromatic nitrogens is 2. The van der Waals surface area contributed by atoms with Crippen LogP contribution in [0.4, 0.5) is 11.6 Å². The summed E-state index contributed by atoms with van der Waals surface area (Å²) >= 11 is 12.3. The van der Waals surface area contributed by atoms with Crippen molar-refractivity contribution in [1.29, 1.82) is 0 Å². The fraction of sp³-hybridized carbons (Fsp3) is 0.200. The number of benzene rings is 3. The zero-order chi connectivity index (χ0) is 25.4. The molecule has 0 bridgehead atoms. The summed E-state index contributed by atoms with van der Waals surface area (Å²) in [5.74, 6) is 0.399. The highest BCUT2D eigenvalue weighted by molar-refractivity contribution is 7.88. The average Bonchev–Trinajstić information content (AvgIpc) is 3.21. The maximum absolute atomic E-state index is 13.2. The van der Waals surface area contributed by atoms with Crippen molar-refractivity contribution < 1.29 is 13.2 Å². The minimum atomic E-state index is -3.27. The molecule has 5 rings (SSSR count). The van der Waals surface area contributed by atoms with Crippen molar-refractivity contribution >= 4 is 61.8 Å². The first-order chi connectivity index (χ1) is 17.2. The highest BCUT2D eigenvalue weighted by atomic mass is 35.5. The molecule has 1 aliphatic heterocycles. The number of hydrogen-bond donors (Lipinski definition) is 1. The number of imidazole rings is 1. The van der Waals surface area contributed by atoms with Crippen LogP contribution in [0.1, 0.15) is 10.4 Å². The van der Waals surface area contributed by atoms with Gasteiger partial charge in [-0.3, -0.25) is 9.36 Å². The number of nitrogens with zero attached hydrogens (tertiary/aromatic N) is 4. The van der Waals surface area contributed by atoms with E-state index in [2.05, 4.69) is 5.32 Å². The van der Waals surface area contributed by atoms with Crippen molar-refractivity contribution in [3.63, 3.8) is 0 Å². The molecule has 1 fully saturated rings. The zero-order valence-corrected chi connectivity index (χ0v) is 21.7. The molecule has 0 unspecified atom stereocenters. The van der Waals surface area contributed by atoms with Crippen LogP contribution < -0.4 is 5.32 Å². The predicted octanol–water partition coefficient (Wildman–Crippen LogP) is 4.79. The van der Waals surface area contributed by atoms with E-state index in [0.717, 1.165) is 16.9 Å². The minimum absolute atomic E-state index is 0.158. The summed E-state index contributed by atoms with van der Waals surface area (Å²) in [4.78, 5) is 19.7. The van der Waals surface area contributed by atoms with Crippen molar-refractivity contribution in [3.8, 4) is 5.69 Å². The van der Waals surface area contributed by atoms with Gasteiger partial charge in [0.15, 0.2) is 0 Å². The Morgan fingerprint density at radius 2 is 1.64 bits per heavy atom. The molecular weight excluding hydrogens is 521 g/mol. The number of anilines is 2. The predicted molar refractivity (Wildman–Crippen MR) is 143 cm³/mol. The molecule has 1 aliphatic rings. The van der Waals surface area contributed by atoms with Crippen LogP contribution in [0.3, 0.4) is 0 Å². The Hall–Kier alpha value is -3.11. The maximum atomic E-state index is 13.2. The van der Waals surface area contributed by atoms with Gasteiger partial charge >= 0.3 is 0 Å². The number of amides is 1. The van der Waals surface area contributed by atoms with E-state index in [9.17, 15) is 13.2 Å². The van der Waals surface area contributed by atoms with Gasteiger partial charge in [-0.15, -0.1) is 0 Å². The molecule has 8 nitrogen and oxygen atoms in total. The molecule has 0 spiro atoms. The first-order valence-corrected chi connectivity index (χ1v) is 13.8. The molecule has 0 saturated carbocycles. The van der Waals surface area contributed by atoms with Crippen molar-refractivity contribution in [2.24, 2.45) is 0 Å². The smallest absolute Gasteiger partial charge is 0.254 e. The number of halogens is 2. The van der Waals surface area contributed by atoms with Gasteiger partial charge in [0.05, 0.1) is 23.0 Å². The Kier molecular flexibility index (Phi) is 6.65. The van der Waals surface area contributed by atoms with Crippen LogP contribution in [0.5, 0.6) is 0 Å². The summed E-state index contributed by atoms with van der Waals surface area (Å²) in [6.07, 6.45) is 1.18. The third-order valence-corrected chi connectivity index (χ3v) is 7.85. The normalized spacial score (nSPS) is 14.8. The lowest BCUT2D eigenvalue weighted by molar-refractivity contribution is 0.0698. The van der Waals surface area contributed by atoms with E-state index in [4.69, 9.17) is 28.2 Å². The molecule has 3 aromatic carbocycles. The summed E-state index contributed by atoms with van der Waals surface area (Å²) in [7, 11) is -3.27. The standard InChI is InChI=1S/C25H23Cl2N5O3S/c1-36(34,35)31-13-11-30(12-14-31)24(33)17-5-10-23-22(15-17)29-25(28-20-8-6-18(26)7-9-20)32(23)21-4-2-3-19(27)16-21/h2-10,15-16H,11-14H2,1H3,(H,28,29). The van der Waals surface area contributed by atoms with Gasteiger partial charge in [0.1, 0.15) is 0 Å². The Bertz CT molecular complexity index is 1550. The van der Waals surface area contributed by atoms with Crippen LogP contribution >= 0.6 is 23.2 Å². The number of nitrogens with one attached hydrogen (secondary N) is 1. The second-order valence-electron chi connectivity index (χ2n) is 8.54. The summed E-state index contributed by atoms with van der Waals surface area (Å²) in [6, 6.07) is 20.1. The lowest BCUT2D eigenvalue weighted by Crippen LogP contribution is -2.50. The van der Waals surface area contributed by atoms with Crippen molar-refractivity contribution in [3.05, 3.63) is 82.3 Å². The molecule has 2 heterocycles. The lowest BCUT2D eigenvalue weighted by Gasteiger charge is -2.33. The fourth-order valence-electron chi connectivity index (χ4n) is 4.24. The van der Waals surface area contributed by atoms with Crippen LogP contribution in [0.25, 0.3) is 16.7 Å². The van der Waals surface area contributed by atoms with E-state index < -0.39 is 10.0 Å². The third-order valence-electron chi connectivity index (χ3n) is 6.06. The number of fused-ring (bicyclic) bond motifs is 1. The van der Waals surface area contributed by atoms with E-state index in [-0.39, 0.29) is 19.0 Å². The fourth-order valence-corrected chi connectivity index (χ4v) is 5.38. The topological polar surface area (TPSA) is 87.5 Å². The second kappa shape index (κ2) is 9.74. The summed E-state index contributed by atoms with van der Waals surface area (Å²) in [5.41, 5.74) is 3.54. The van der Waals surface area contributed by atoms with E-state index in [1.807, 2.05) is 41.0 Å². The van der Waals surface area contributed by atoms with Gasteiger partial charge in [-0.1, -0.05) is 29.3 Å². The summed E-state index contributed by atoms with van der Waals surface area (Å²) in [6.45, 7) is 1.24. The van der Waals surface area contributed by atoms with Gasteiger partial charge in [0.2, 0.25) is 16.0 Å². The Morgan fingerprint density at radius 3 is 2.31 bits per heavy atom. The van der Waals surface area contributed by atoms with Crippen LogP contribution in [0, 0.1) is 0 Å². The van der Waals surface area contributed by atoms with Crippen molar-refractivity contribution in [2.45, 2.75) is 0 Å². The first kappa shape index (κ1) is 24.6. The number of sulfonamides is 1. The second-order valence-corrected chi connectivity index (χ2v) is 11.4. The molecule has 4 aromatic rings. The molecule has 1 saturated heterocycles. The molecule has 186 valence electrons. The molecule has 1 amide bonds. The average molecular weight is 544 g/mol. The Balaban J connectivity index is 1.50. The summed E-state index contributed by atoms with van der Waals surface area (Å²) < 4.78 is 26.9. The van der Waals surface area contributed by atoms with Gasteiger partial charge < -0.3 is 10.2 Å². The minimum Gasteiger partial charge on any atom is -0.336 e. The maximum Gasteiger partial charge on any atom is 0.254 e. The van der Waals surface area contributed by atoms with E-state index >= 15 is 0 Å². The number of carbonyl (C=O) groups is 1.